The van der Waals surface area contributed by atoms with Crippen molar-refractivity contribution >= 4 is 10.0 Å². The number of rotatable bonds is 7. The number of nitrogens with zero attached hydrogens (tertiary/aromatic N) is 2. The molecule has 2 rings (SSSR count). The second-order valence-corrected chi connectivity index (χ2v) is 8.51. The van der Waals surface area contributed by atoms with E-state index in [-0.39, 0.29) is 11.3 Å². The Morgan fingerprint density at radius 2 is 2.00 bits per heavy atom. The maximum Gasteiger partial charge on any atom is 0.218 e. The molecule has 0 aromatic carbocycles. The van der Waals surface area contributed by atoms with Gasteiger partial charge in [0.1, 0.15) is 0 Å². The minimum absolute atomic E-state index is 0.156. The lowest BCUT2D eigenvalue weighted by Gasteiger charge is -2.29. The van der Waals surface area contributed by atoms with E-state index in [2.05, 4.69) is 10.2 Å². The van der Waals surface area contributed by atoms with Crippen LogP contribution in [0.15, 0.2) is 0 Å². The summed E-state index contributed by atoms with van der Waals surface area (Å²) in [6.07, 6.45) is 4.36. The van der Waals surface area contributed by atoms with Gasteiger partial charge in [-0.05, 0) is 46.7 Å². The van der Waals surface area contributed by atoms with Crippen LogP contribution in [0.5, 0.6) is 0 Å². The molecular formula is C13H27N3O2S. The van der Waals surface area contributed by atoms with Gasteiger partial charge in [0.15, 0.2) is 0 Å². The molecule has 0 bridgehead atoms. The predicted octanol–water partition coefficient (Wildman–Crippen LogP) is 0.483. The zero-order chi connectivity index (χ0) is 14.0. The molecule has 5 nitrogen and oxygen atoms in total. The Labute approximate surface area is 117 Å². The zero-order valence-corrected chi connectivity index (χ0v) is 13.1. The molecular weight excluding hydrogens is 262 g/mol. The van der Waals surface area contributed by atoms with Crippen LogP contribution in [0, 0.1) is 0 Å². The fraction of sp³-hybridized carbons (Fsp3) is 1.00. The van der Waals surface area contributed by atoms with Gasteiger partial charge >= 0.3 is 0 Å². The predicted molar refractivity (Wildman–Crippen MR) is 77.7 cm³/mol. The van der Waals surface area contributed by atoms with Gasteiger partial charge in [-0.2, -0.15) is 4.31 Å². The Morgan fingerprint density at radius 1 is 1.32 bits per heavy atom. The second-order valence-electron chi connectivity index (χ2n) is 6.21. The zero-order valence-electron chi connectivity index (χ0n) is 12.3. The van der Waals surface area contributed by atoms with Crippen LogP contribution in [0.25, 0.3) is 0 Å². The third kappa shape index (κ3) is 3.90. The lowest BCUT2D eigenvalue weighted by Crippen LogP contribution is -2.47. The van der Waals surface area contributed by atoms with Crippen molar-refractivity contribution < 1.29 is 8.42 Å². The highest BCUT2D eigenvalue weighted by atomic mass is 32.2. The smallest absolute Gasteiger partial charge is 0.218 e. The van der Waals surface area contributed by atoms with Gasteiger partial charge in [-0.25, -0.2) is 8.42 Å². The Morgan fingerprint density at radius 3 is 2.58 bits per heavy atom. The number of sulfonamides is 1. The van der Waals surface area contributed by atoms with Crippen molar-refractivity contribution in [3.05, 3.63) is 0 Å². The van der Waals surface area contributed by atoms with Gasteiger partial charge in [-0.15, -0.1) is 0 Å². The quantitative estimate of drug-likeness (QED) is 0.741. The van der Waals surface area contributed by atoms with Crippen LogP contribution >= 0.6 is 0 Å². The van der Waals surface area contributed by atoms with Crippen molar-refractivity contribution in [2.75, 3.05) is 33.7 Å². The highest BCUT2D eigenvalue weighted by Crippen LogP contribution is 2.25. The lowest BCUT2D eigenvalue weighted by molar-refractivity contribution is 0.289. The van der Waals surface area contributed by atoms with Gasteiger partial charge in [-0.1, -0.05) is 0 Å². The molecule has 0 spiro atoms. The summed E-state index contributed by atoms with van der Waals surface area (Å²) in [6, 6.07) is 0.720. The number of likely N-dealkylation sites (N-methyl/N-ethyl adjacent to an activating group) is 1. The van der Waals surface area contributed by atoms with Gasteiger partial charge in [0.2, 0.25) is 10.0 Å². The fourth-order valence-corrected chi connectivity index (χ4v) is 4.45. The second kappa shape index (κ2) is 6.08. The molecule has 1 aliphatic carbocycles. The van der Waals surface area contributed by atoms with E-state index in [0.29, 0.717) is 19.1 Å². The molecule has 0 aromatic heterocycles. The number of nitrogens with one attached hydrogen (secondary N) is 1. The van der Waals surface area contributed by atoms with E-state index in [9.17, 15) is 8.42 Å². The first-order valence-electron chi connectivity index (χ1n) is 7.30. The SMILES string of the molecule is CC(CNC1CC1)S(=O)(=O)N1CCCC1CN(C)C. The molecule has 19 heavy (non-hydrogen) atoms. The molecule has 2 aliphatic rings. The van der Waals surface area contributed by atoms with Crippen molar-refractivity contribution in [3.63, 3.8) is 0 Å². The van der Waals surface area contributed by atoms with E-state index < -0.39 is 10.0 Å². The molecule has 1 aliphatic heterocycles. The Kier molecular flexibility index (Phi) is 4.87. The minimum Gasteiger partial charge on any atom is -0.313 e. The molecule has 2 fully saturated rings. The first-order valence-corrected chi connectivity index (χ1v) is 8.80. The molecule has 0 amide bonds. The number of hydrogen-bond acceptors (Lipinski definition) is 4. The molecule has 1 heterocycles. The fourth-order valence-electron chi connectivity index (χ4n) is 2.70. The third-order valence-corrected chi connectivity index (χ3v) is 6.32. The summed E-state index contributed by atoms with van der Waals surface area (Å²) in [6.45, 7) is 3.92. The van der Waals surface area contributed by atoms with E-state index in [0.717, 1.165) is 19.4 Å². The first-order chi connectivity index (χ1) is 8.91. The summed E-state index contributed by atoms with van der Waals surface area (Å²) in [5.41, 5.74) is 0. The summed E-state index contributed by atoms with van der Waals surface area (Å²) in [5, 5.41) is 3.00. The topological polar surface area (TPSA) is 52.7 Å². The molecule has 2 unspecified atom stereocenters. The summed E-state index contributed by atoms with van der Waals surface area (Å²) in [4.78, 5) is 2.08. The largest absolute Gasteiger partial charge is 0.313 e. The van der Waals surface area contributed by atoms with Gasteiger partial charge in [0, 0.05) is 31.7 Å². The highest BCUT2D eigenvalue weighted by molar-refractivity contribution is 7.89. The van der Waals surface area contributed by atoms with Crippen LogP contribution in [0.2, 0.25) is 0 Å². The third-order valence-electron chi connectivity index (χ3n) is 4.01. The van der Waals surface area contributed by atoms with Gasteiger partial charge in [-0.3, -0.25) is 0 Å². The summed E-state index contributed by atoms with van der Waals surface area (Å²) >= 11 is 0. The molecule has 6 heteroatoms. The van der Waals surface area contributed by atoms with Crippen molar-refractivity contribution in [1.29, 1.82) is 0 Å². The molecule has 0 radical (unpaired) electrons. The van der Waals surface area contributed by atoms with E-state index in [1.165, 1.54) is 12.8 Å². The van der Waals surface area contributed by atoms with Crippen molar-refractivity contribution in [1.82, 2.24) is 14.5 Å². The molecule has 1 N–H and O–H groups in total. The molecule has 1 saturated carbocycles. The van der Waals surface area contributed by atoms with E-state index in [1.807, 2.05) is 21.0 Å². The van der Waals surface area contributed by atoms with Crippen LogP contribution in [0.4, 0.5) is 0 Å². The molecule has 1 saturated heterocycles. The van der Waals surface area contributed by atoms with Crippen molar-refractivity contribution in [3.8, 4) is 0 Å². The molecule has 2 atom stereocenters. The van der Waals surface area contributed by atoms with Crippen LogP contribution in [-0.2, 0) is 10.0 Å². The Bertz CT molecular complexity index is 393. The van der Waals surface area contributed by atoms with Crippen LogP contribution in [-0.4, -0.2) is 68.7 Å². The minimum atomic E-state index is -3.16. The van der Waals surface area contributed by atoms with Gasteiger partial charge < -0.3 is 10.2 Å². The normalized spacial score (nSPS) is 27.1. The summed E-state index contributed by atoms with van der Waals surface area (Å²) < 4.78 is 27.0. The summed E-state index contributed by atoms with van der Waals surface area (Å²) in [7, 11) is 0.845. The van der Waals surface area contributed by atoms with E-state index in [1.54, 1.807) is 4.31 Å². The maximum atomic E-state index is 12.6. The van der Waals surface area contributed by atoms with Crippen molar-refractivity contribution in [2.24, 2.45) is 0 Å². The molecule has 0 aromatic rings. The van der Waals surface area contributed by atoms with Gasteiger partial charge in [0.25, 0.3) is 0 Å². The van der Waals surface area contributed by atoms with Crippen LogP contribution in [0.3, 0.4) is 0 Å². The maximum absolute atomic E-state index is 12.6. The number of hydrogen-bond donors (Lipinski definition) is 1. The monoisotopic (exact) mass is 289 g/mol. The van der Waals surface area contributed by atoms with Crippen LogP contribution in [0.1, 0.15) is 32.6 Å². The summed E-state index contributed by atoms with van der Waals surface area (Å²) in [5.74, 6) is 0. The van der Waals surface area contributed by atoms with Crippen molar-refractivity contribution in [2.45, 2.75) is 49.9 Å². The van der Waals surface area contributed by atoms with Crippen LogP contribution < -0.4 is 5.32 Å². The van der Waals surface area contributed by atoms with E-state index >= 15 is 0 Å². The Hall–Kier alpha value is -0.170. The van der Waals surface area contributed by atoms with E-state index in [4.69, 9.17) is 0 Å². The average Bonchev–Trinajstić information content (AvgIpc) is 3.04. The highest BCUT2D eigenvalue weighted by Gasteiger charge is 2.37. The Balaban J connectivity index is 1.95. The standard InChI is InChI=1S/C13H27N3O2S/c1-11(9-14-12-6-7-12)19(17,18)16-8-4-5-13(16)10-15(2)3/h11-14H,4-10H2,1-3H3. The first kappa shape index (κ1) is 15.2. The molecule has 112 valence electrons. The lowest BCUT2D eigenvalue weighted by atomic mass is 10.2. The average molecular weight is 289 g/mol. The van der Waals surface area contributed by atoms with Gasteiger partial charge in [0.05, 0.1) is 5.25 Å².